The first-order valence-electron chi connectivity index (χ1n) is 8.63. The third-order valence-corrected chi connectivity index (χ3v) is 3.50. The third-order valence-electron chi connectivity index (χ3n) is 3.50. The molecular weight excluding hydrogens is 453 g/mol. The van der Waals surface area contributed by atoms with E-state index in [-0.39, 0.29) is 42.0 Å². The van der Waals surface area contributed by atoms with Crippen LogP contribution in [-0.4, -0.2) is 36.0 Å². The summed E-state index contributed by atoms with van der Waals surface area (Å²) in [4.78, 5) is 20.4. The number of hydrogen-bond acceptors (Lipinski definition) is 3. The standard InChI is InChI=1S/C20H27N5O.HI/c1-20(2,3)25-18(26)14-24-19(21-4)23-13-15-8-7-9-16(12-15)17-10-5-6-11-22-17;/h5-12H,13-14H2,1-4H3,(H,25,26)(H2,21,23,24);1H. The Kier molecular flexibility index (Phi) is 9.20. The van der Waals surface area contributed by atoms with E-state index in [4.69, 9.17) is 0 Å². The quantitative estimate of drug-likeness (QED) is 0.349. The minimum Gasteiger partial charge on any atom is -0.352 e. The molecule has 0 saturated carbocycles. The first kappa shape index (κ1) is 22.9. The number of aromatic nitrogens is 1. The van der Waals surface area contributed by atoms with Gasteiger partial charge in [-0.1, -0.05) is 24.3 Å². The monoisotopic (exact) mass is 481 g/mol. The van der Waals surface area contributed by atoms with Crippen molar-refractivity contribution in [2.75, 3.05) is 13.6 Å². The number of hydrogen-bond donors (Lipinski definition) is 3. The van der Waals surface area contributed by atoms with Crippen molar-refractivity contribution < 1.29 is 4.79 Å². The van der Waals surface area contributed by atoms with Crippen molar-refractivity contribution in [1.29, 1.82) is 0 Å². The van der Waals surface area contributed by atoms with E-state index in [0.717, 1.165) is 16.8 Å². The van der Waals surface area contributed by atoms with Gasteiger partial charge in [-0.15, -0.1) is 24.0 Å². The SMILES string of the molecule is CN=C(NCC(=O)NC(C)(C)C)NCc1cccc(-c2ccccn2)c1.I. The van der Waals surface area contributed by atoms with Crippen LogP contribution in [0.3, 0.4) is 0 Å². The molecule has 1 amide bonds. The van der Waals surface area contributed by atoms with Crippen LogP contribution in [0.15, 0.2) is 53.7 Å². The van der Waals surface area contributed by atoms with Crippen molar-refractivity contribution in [1.82, 2.24) is 20.9 Å². The second kappa shape index (κ2) is 10.9. The molecule has 0 aliphatic rings. The molecule has 0 atom stereocenters. The largest absolute Gasteiger partial charge is 0.352 e. The van der Waals surface area contributed by atoms with E-state index in [9.17, 15) is 4.79 Å². The molecule has 3 N–H and O–H groups in total. The molecule has 2 aromatic rings. The highest BCUT2D eigenvalue weighted by molar-refractivity contribution is 14.0. The van der Waals surface area contributed by atoms with Crippen LogP contribution in [-0.2, 0) is 11.3 Å². The summed E-state index contributed by atoms with van der Waals surface area (Å²) in [5, 5.41) is 9.15. The Bertz CT molecular complexity index is 756. The Hall–Kier alpha value is -2.16. The molecule has 1 heterocycles. The van der Waals surface area contributed by atoms with Crippen LogP contribution < -0.4 is 16.0 Å². The average molecular weight is 481 g/mol. The van der Waals surface area contributed by atoms with Crippen molar-refractivity contribution in [3.63, 3.8) is 0 Å². The van der Waals surface area contributed by atoms with E-state index in [0.29, 0.717) is 12.5 Å². The van der Waals surface area contributed by atoms with Gasteiger partial charge >= 0.3 is 0 Å². The number of rotatable bonds is 5. The number of nitrogens with one attached hydrogen (secondary N) is 3. The maximum Gasteiger partial charge on any atom is 0.239 e. The molecule has 1 aromatic carbocycles. The van der Waals surface area contributed by atoms with Crippen LogP contribution in [0.5, 0.6) is 0 Å². The molecule has 0 spiro atoms. The maximum atomic E-state index is 11.9. The van der Waals surface area contributed by atoms with Crippen molar-refractivity contribution in [3.8, 4) is 11.3 Å². The second-order valence-corrected chi connectivity index (χ2v) is 6.99. The van der Waals surface area contributed by atoms with Crippen LogP contribution in [0, 0.1) is 0 Å². The number of halogens is 1. The molecule has 0 radical (unpaired) electrons. The van der Waals surface area contributed by atoms with Crippen molar-refractivity contribution in [2.24, 2.45) is 4.99 Å². The van der Waals surface area contributed by atoms with Gasteiger partial charge < -0.3 is 16.0 Å². The maximum absolute atomic E-state index is 11.9. The summed E-state index contributed by atoms with van der Waals surface area (Å²) < 4.78 is 0. The zero-order valence-electron chi connectivity index (χ0n) is 16.2. The zero-order valence-corrected chi connectivity index (χ0v) is 18.6. The smallest absolute Gasteiger partial charge is 0.239 e. The van der Waals surface area contributed by atoms with Crippen LogP contribution in [0.2, 0.25) is 0 Å². The molecule has 146 valence electrons. The van der Waals surface area contributed by atoms with E-state index in [2.05, 4.69) is 32.0 Å². The van der Waals surface area contributed by atoms with Gasteiger partial charge in [0.1, 0.15) is 0 Å². The Labute approximate surface area is 178 Å². The van der Waals surface area contributed by atoms with Crippen molar-refractivity contribution >= 4 is 35.8 Å². The molecule has 0 aliphatic heterocycles. The summed E-state index contributed by atoms with van der Waals surface area (Å²) >= 11 is 0. The lowest BCUT2D eigenvalue weighted by Crippen LogP contribution is -2.48. The lowest BCUT2D eigenvalue weighted by molar-refractivity contribution is -0.121. The Morgan fingerprint density at radius 3 is 2.52 bits per heavy atom. The number of guanidine groups is 1. The summed E-state index contributed by atoms with van der Waals surface area (Å²) in [7, 11) is 1.68. The number of nitrogens with zero attached hydrogens (tertiary/aromatic N) is 2. The molecule has 2 rings (SSSR count). The summed E-state index contributed by atoms with van der Waals surface area (Å²) in [5.41, 5.74) is 2.87. The first-order valence-corrected chi connectivity index (χ1v) is 8.63. The summed E-state index contributed by atoms with van der Waals surface area (Å²) in [6.45, 7) is 6.62. The van der Waals surface area contributed by atoms with Gasteiger partial charge in [-0.05, 0) is 44.5 Å². The summed E-state index contributed by atoms with van der Waals surface area (Å²) in [6, 6.07) is 14.0. The van der Waals surface area contributed by atoms with E-state index >= 15 is 0 Å². The number of carbonyl (C=O) groups excluding carboxylic acids is 1. The number of aliphatic imine (C=N–C) groups is 1. The number of amides is 1. The molecular formula is C20H28IN5O. The fourth-order valence-electron chi connectivity index (χ4n) is 2.41. The van der Waals surface area contributed by atoms with Gasteiger partial charge in [0.2, 0.25) is 5.91 Å². The highest BCUT2D eigenvalue weighted by Crippen LogP contribution is 2.17. The summed E-state index contributed by atoms with van der Waals surface area (Å²) in [6.07, 6.45) is 1.79. The van der Waals surface area contributed by atoms with Crippen LogP contribution >= 0.6 is 24.0 Å². The predicted molar refractivity (Wildman–Crippen MR) is 121 cm³/mol. The fourth-order valence-corrected chi connectivity index (χ4v) is 2.41. The summed E-state index contributed by atoms with van der Waals surface area (Å²) in [5.74, 6) is 0.509. The Balaban J connectivity index is 0.00000364. The fraction of sp³-hybridized carbons (Fsp3) is 0.350. The molecule has 0 saturated heterocycles. The van der Waals surface area contributed by atoms with Gasteiger partial charge in [0.25, 0.3) is 0 Å². The molecule has 7 heteroatoms. The minimum atomic E-state index is -0.248. The van der Waals surface area contributed by atoms with E-state index in [1.807, 2.05) is 57.2 Å². The highest BCUT2D eigenvalue weighted by atomic mass is 127. The Morgan fingerprint density at radius 2 is 1.89 bits per heavy atom. The molecule has 0 fully saturated rings. The van der Waals surface area contributed by atoms with Gasteiger partial charge in [-0.25, -0.2) is 0 Å². The van der Waals surface area contributed by atoms with Gasteiger partial charge in [0.15, 0.2) is 5.96 Å². The van der Waals surface area contributed by atoms with Crippen LogP contribution in [0.1, 0.15) is 26.3 Å². The predicted octanol–water partition coefficient (Wildman–Crippen LogP) is 2.95. The number of benzene rings is 1. The third kappa shape index (κ3) is 8.38. The van der Waals surface area contributed by atoms with Gasteiger partial charge in [0, 0.05) is 30.9 Å². The van der Waals surface area contributed by atoms with Gasteiger partial charge in [-0.3, -0.25) is 14.8 Å². The lowest BCUT2D eigenvalue weighted by atomic mass is 10.1. The normalized spacial score (nSPS) is 11.3. The molecule has 27 heavy (non-hydrogen) atoms. The van der Waals surface area contributed by atoms with E-state index < -0.39 is 0 Å². The highest BCUT2D eigenvalue weighted by Gasteiger charge is 2.13. The molecule has 0 bridgehead atoms. The van der Waals surface area contributed by atoms with Gasteiger partial charge in [0.05, 0.1) is 12.2 Å². The molecule has 6 nitrogen and oxygen atoms in total. The topological polar surface area (TPSA) is 78.4 Å². The molecule has 1 aromatic heterocycles. The van der Waals surface area contributed by atoms with E-state index in [1.54, 1.807) is 13.2 Å². The van der Waals surface area contributed by atoms with Crippen LogP contribution in [0.4, 0.5) is 0 Å². The molecule has 0 aliphatic carbocycles. The van der Waals surface area contributed by atoms with Crippen molar-refractivity contribution in [2.45, 2.75) is 32.9 Å². The van der Waals surface area contributed by atoms with Crippen molar-refractivity contribution in [3.05, 3.63) is 54.2 Å². The number of carbonyl (C=O) groups is 1. The van der Waals surface area contributed by atoms with Gasteiger partial charge in [-0.2, -0.15) is 0 Å². The first-order chi connectivity index (χ1) is 12.4. The van der Waals surface area contributed by atoms with Crippen LogP contribution in [0.25, 0.3) is 11.3 Å². The Morgan fingerprint density at radius 1 is 1.11 bits per heavy atom. The van der Waals surface area contributed by atoms with E-state index in [1.165, 1.54) is 0 Å². The second-order valence-electron chi connectivity index (χ2n) is 6.99. The minimum absolute atomic E-state index is 0. The lowest BCUT2D eigenvalue weighted by Gasteiger charge is -2.21. The average Bonchev–Trinajstić information content (AvgIpc) is 2.61. The zero-order chi connectivity index (χ0) is 19.0. The number of pyridine rings is 1. The molecule has 0 unspecified atom stereocenters.